The summed E-state index contributed by atoms with van der Waals surface area (Å²) in [6.45, 7) is 0.595. The van der Waals surface area contributed by atoms with E-state index in [4.69, 9.17) is 10.5 Å². The second-order valence-corrected chi connectivity index (χ2v) is 4.24. The Balaban J connectivity index is 2.11. The third kappa shape index (κ3) is 3.20. The normalized spacial score (nSPS) is 10.5. The molecule has 1 heterocycles. The number of hydrogen-bond donors (Lipinski definition) is 2. The maximum atomic E-state index is 12.8. The van der Waals surface area contributed by atoms with Crippen molar-refractivity contribution in [1.82, 2.24) is 0 Å². The Morgan fingerprint density at radius 2 is 2.00 bits per heavy atom. The molecule has 19 heavy (non-hydrogen) atoms. The zero-order chi connectivity index (χ0) is 13.8. The van der Waals surface area contributed by atoms with E-state index in [2.05, 4.69) is 0 Å². The molecule has 100 valence electrons. The van der Waals surface area contributed by atoms with Gasteiger partial charge in [0.2, 0.25) is 11.9 Å². The Hall–Kier alpha value is -2.14. The Labute approximate surface area is 110 Å². The zero-order valence-electron chi connectivity index (χ0n) is 10.6. The molecule has 2 rings (SSSR count). The fraction of sp³-hybridized carbons (Fsp3) is 0.214. The number of aromatic nitrogens is 1. The highest BCUT2D eigenvalue weighted by Crippen LogP contribution is 2.25. The molecule has 2 aromatic rings. The zero-order valence-corrected chi connectivity index (χ0v) is 10.6. The lowest BCUT2D eigenvalue weighted by Gasteiger charge is -2.08. The van der Waals surface area contributed by atoms with Gasteiger partial charge in [-0.15, -0.1) is 0 Å². The predicted octanol–water partition coefficient (Wildman–Crippen LogP) is 1.39. The molecule has 0 bridgehead atoms. The summed E-state index contributed by atoms with van der Waals surface area (Å²) in [5, 5.41) is 9.82. The van der Waals surface area contributed by atoms with Gasteiger partial charge in [0.15, 0.2) is 11.4 Å². The van der Waals surface area contributed by atoms with Crippen molar-refractivity contribution in [2.45, 2.75) is 13.2 Å². The van der Waals surface area contributed by atoms with Gasteiger partial charge in [-0.3, -0.25) is 0 Å². The first-order chi connectivity index (χ1) is 9.10. The van der Waals surface area contributed by atoms with E-state index < -0.39 is 0 Å². The highest BCUT2D eigenvalue weighted by Gasteiger charge is 2.13. The summed E-state index contributed by atoms with van der Waals surface area (Å²) >= 11 is 0. The molecule has 5 heteroatoms. The van der Waals surface area contributed by atoms with Crippen LogP contribution in [0.1, 0.15) is 11.3 Å². The van der Waals surface area contributed by atoms with Crippen LogP contribution in [0.15, 0.2) is 36.5 Å². The van der Waals surface area contributed by atoms with Gasteiger partial charge in [0.05, 0.1) is 12.6 Å². The lowest BCUT2D eigenvalue weighted by molar-refractivity contribution is -0.679. The molecule has 0 atom stereocenters. The molecule has 1 aromatic carbocycles. The van der Waals surface area contributed by atoms with Gasteiger partial charge in [0.1, 0.15) is 19.5 Å². The van der Waals surface area contributed by atoms with Crippen molar-refractivity contribution in [2.24, 2.45) is 12.8 Å². The van der Waals surface area contributed by atoms with Crippen molar-refractivity contribution in [2.75, 3.05) is 0 Å². The highest BCUT2D eigenvalue weighted by atomic mass is 19.1. The fourth-order valence-electron chi connectivity index (χ4n) is 1.71. The molecule has 4 nitrogen and oxygen atoms in total. The number of aryl methyl sites for hydroxylation is 1. The highest BCUT2D eigenvalue weighted by molar-refractivity contribution is 5.35. The van der Waals surface area contributed by atoms with Gasteiger partial charge >= 0.3 is 0 Å². The lowest BCUT2D eigenvalue weighted by atomic mass is 10.2. The fourth-order valence-corrected chi connectivity index (χ4v) is 1.71. The summed E-state index contributed by atoms with van der Waals surface area (Å²) < 4.78 is 20.1. The molecule has 0 amide bonds. The van der Waals surface area contributed by atoms with E-state index in [-0.39, 0.29) is 18.2 Å². The maximum absolute atomic E-state index is 12.8. The average Bonchev–Trinajstić information content (AvgIpc) is 2.41. The molecular formula is C14H16FN2O2+. The summed E-state index contributed by atoms with van der Waals surface area (Å²) in [5.41, 5.74) is 7.16. The van der Waals surface area contributed by atoms with Crippen LogP contribution in [0, 0.1) is 5.82 Å². The Morgan fingerprint density at radius 3 is 2.63 bits per heavy atom. The minimum absolute atomic E-state index is 0.0423. The van der Waals surface area contributed by atoms with E-state index in [0.29, 0.717) is 12.3 Å². The number of rotatable bonds is 4. The molecule has 0 aliphatic heterocycles. The minimum Gasteiger partial charge on any atom is -0.504 e. The van der Waals surface area contributed by atoms with E-state index in [0.717, 1.165) is 11.3 Å². The molecule has 0 aliphatic rings. The summed E-state index contributed by atoms with van der Waals surface area (Å²) in [4.78, 5) is 0. The maximum Gasteiger partial charge on any atom is 0.226 e. The first-order valence-electron chi connectivity index (χ1n) is 5.89. The number of hydrogen-bond acceptors (Lipinski definition) is 3. The summed E-state index contributed by atoms with van der Waals surface area (Å²) in [6.07, 6.45) is 1.67. The molecule has 0 aliphatic carbocycles. The summed E-state index contributed by atoms with van der Waals surface area (Å²) in [7, 11) is 1.83. The summed E-state index contributed by atoms with van der Waals surface area (Å²) in [6, 6.07) is 7.59. The van der Waals surface area contributed by atoms with Crippen molar-refractivity contribution < 1.29 is 18.8 Å². The van der Waals surface area contributed by atoms with E-state index >= 15 is 0 Å². The number of nitrogens with two attached hydrogens (primary N) is 1. The van der Waals surface area contributed by atoms with Gasteiger partial charge in [0, 0.05) is 0 Å². The molecule has 0 radical (unpaired) electrons. The number of nitrogens with zero attached hydrogens (tertiary/aromatic N) is 1. The largest absolute Gasteiger partial charge is 0.504 e. The predicted molar refractivity (Wildman–Crippen MR) is 67.9 cm³/mol. The summed E-state index contributed by atoms with van der Waals surface area (Å²) in [5.74, 6) is 0.120. The molecule has 0 unspecified atom stereocenters. The molecule has 0 spiro atoms. The first kappa shape index (κ1) is 13.3. The van der Waals surface area contributed by atoms with Gasteiger partial charge in [-0.05, 0) is 17.7 Å². The molecule has 3 N–H and O–H groups in total. The van der Waals surface area contributed by atoms with Gasteiger partial charge in [-0.25, -0.2) is 8.96 Å². The third-order valence-corrected chi connectivity index (χ3v) is 2.84. The Morgan fingerprint density at radius 1 is 1.32 bits per heavy atom. The minimum atomic E-state index is -0.287. The van der Waals surface area contributed by atoms with Gasteiger partial charge in [-0.1, -0.05) is 12.1 Å². The van der Waals surface area contributed by atoms with Crippen LogP contribution >= 0.6 is 0 Å². The number of benzene rings is 1. The molecule has 1 aromatic heterocycles. The van der Waals surface area contributed by atoms with Crippen LogP contribution in [-0.2, 0) is 20.2 Å². The van der Waals surface area contributed by atoms with Crippen LogP contribution in [0.3, 0.4) is 0 Å². The topological polar surface area (TPSA) is 59.4 Å². The van der Waals surface area contributed by atoms with Gasteiger partial charge in [0.25, 0.3) is 0 Å². The SMILES string of the molecule is C[n+]1cc(OCc2ccc(F)cc2)c(O)cc1CN. The Kier molecular flexibility index (Phi) is 3.97. The van der Waals surface area contributed by atoms with Crippen molar-refractivity contribution >= 4 is 0 Å². The molecule has 0 fully saturated rings. The molecule has 0 saturated heterocycles. The standard InChI is InChI=1S/C14H15FN2O2/c1-17-8-14(13(18)6-12(17)7-16)19-9-10-2-4-11(15)5-3-10/h2-6,8H,7,9,16H2,1H3/p+1. The number of pyridine rings is 1. The third-order valence-electron chi connectivity index (χ3n) is 2.84. The van der Waals surface area contributed by atoms with Crippen LogP contribution in [0.4, 0.5) is 4.39 Å². The first-order valence-corrected chi connectivity index (χ1v) is 5.89. The van der Waals surface area contributed by atoms with Crippen LogP contribution < -0.4 is 15.0 Å². The second kappa shape index (κ2) is 5.67. The number of halogens is 1. The van der Waals surface area contributed by atoms with Crippen molar-refractivity contribution in [3.8, 4) is 11.5 Å². The van der Waals surface area contributed by atoms with Gasteiger partial charge in [-0.2, -0.15) is 0 Å². The van der Waals surface area contributed by atoms with E-state index in [1.54, 1.807) is 29.0 Å². The van der Waals surface area contributed by atoms with Crippen LogP contribution in [0.25, 0.3) is 0 Å². The van der Waals surface area contributed by atoms with Crippen molar-refractivity contribution in [3.05, 3.63) is 53.6 Å². The molecule has 0 saturated carbocycles. The van der Waals surface area contributed by atoms with E-state index in [1.165, 1.54) is 12.1 Å². The second-order valence-electron chi connectivity index (χ2n) is 4.24. The van der Waals surface area contributed by atoms with Crippen molar-refractivity contribution in [1.29, 1.82) is 0 Å². The monoisotopic (exact) mass is 263 g/mol. The van der Waals surface area contributed by atoms with Crippen molar-refractivity contribution in [3.63, 3.8) is 0 Å². The van der Waals surface area contributed by atoms with E-state index in [1.807, 2.05) is 7.05 Å². The smallest absolute Gasteiger partial charge is 0.226 e. The molecular weight excluding hydrogens is 247 g/mol. The van der Waals surface area contributed by atoms with Crippen LogP contribution in [0.5, 0.6) is 11.5 Å². The number of ether oxygens (including phenoxy) is 1. The van der Waals surface area contributed by atoms with Gasteiger partial charge < -0.3 is 15.6 Å². The van der Waals surface area contributed by atoms with Crippen LogP contribution in [-0.4, -0.2) is 5.11 Å². The average molecular weight is 263 g/mol. The van der Waals surface area contributed by atoms with E-state index in [9.17, 15) is 9.50 Å². The lowest BCUT2D eigenvalue weighted by Crippen LogP contribution is -2.34. The quantitative estimate of drug-likeness (QED) is 0.820. The van der Waals surface area contributed by atoms with Crippen LogP contribution in [0.2, 0.25) is 0 Å². The Bertz CT molecular complexity index is 570. The number of aromatic hydroxyl groups is 1.